The molecule has 1 aromatic carbocycles. The van der Waals surface area contributed by atoms with E-state index in [9.17, 15) is 0 Å². The van der Waals surface area contributed by atoms with E-state index in [2.05, 4.69) is 9.88 Å². The predicted molar refractivity (Wildman–Crippen MR) is 77.0 cm³/mol. The number of nitrogen functional groups attached to an aromatic ring is 1. The standard InChI is InChI=1S/C15H15N3O/c1-18(9-11-6-8-19-10-11)14-5-7-17-15-12(14)3-2-4-13(15)16/h2-8,10H,9,16H2,1H3. The summed E-state index contributed by atoms with van der Waals surface area (Å²) in [6.07, 6.45) is 5.24. The summed E-state index contributed by atoms with van der Waals surface area (Å²) in [7, 11) is 2.05. The molecule has 0 fully saturated rings. The fourth-order valence-corrected chi connectivity index (χ4v) is 2.26. The number of hydrogen-bond donors (Lipinski definition) is 1. The maximum absolute atomic E-state index is 5.97. The lowest BCUT2D eigenvalue weighted by atomic mass is 10.1. The second kappa shape index (κ2) is 4.65. The van der Waals surface area contributed by atoms with E-state index in [1.807, 2.05) is 37.4 Å². The number of benzene rings is 1. The molecule has 2 N–H and O–H groups in total. The lowest BCUT2D eigenvalue weighted by Gasteiger charge is -2.20. The summed E-state index contributed by atoms with van der Waals surface area (Å²) in [4.78, 5) is 6.51. The van der Waals surface area contributed by atoms with Crippen LogP contribution in [0.25, 0.3) is 10.9 Å². The molecule has 0 amide bonds. The van der Waals surface area contributed by atoms with E-state index in [0.717, 1.165) is 28.7 Å². The number of furan rings is 1. The van der Waals surface area contributed by atoms with Crippen molar-refractivity contribution in [1.29, 1.82) is 0 Å². The maximum Gasteiger partial charge on any atom is 0.0952 e. The lowest BCUT2D eigenvalue weighted by Crippen LogP contribution is -2.16. The van der Waals surface area contributed by atoms with Crippen LogP contribution in [-0.2, 0) is 6.54 Å². The van der Waals surface area contributed by atoms with Crippen LogP contribution in [0.3, 0.4) is 0 Å². The van der Waals surface area contributed by atoms with E-state index in [0.29, 0.717) is 5.69 Å². The van der Waals surface area contributed by atoms with Gasteiger partial charge in [0.05, 0.1) is 23.7 Å². The first-order valence-electron chi connectivity index (χ1n) is 6.11. The third kappa shape index (κ3) is 2.12. The number of anilines is 2. The fourth-order valence-electron chi connectivity index (χ4n) is 2.26. The molecule has 0 saturated carbocycles. The molecule has 2 heterocycles. The van der Waals surface area contributed by atoms with E-state index in [1.54, 1.807) is 18.7 Å². The largest absolute Gasteiger partial charge is 0.472 e. The minimum atomic E-state index is 0.705. The molecule has 0 spiro atoms. The molecule has 19 heavy (non-hydrogen) atoms. The Morgan fingerprint density at radius 3 is 2.95 bits per heavy atom. The summed E-state index contributed by atoms with van der Waals surface area (Å²) in [6.45, 7) is 0.782. The summed E-state index contributed by atoms with van der Waals surface area (Å²) >= 11 is 0. The molecular weight excluding hydrogens is 238 g/mol. The third-order valence-electron chi connectivity index (χ3n) is 3.19. The van der Waals surface area contributed by atoms with Crippen LogP contribution in [-0.4, -0.2) is 12.0 Å². The van der Waals surface area contributed by atoms with E-state index in [-0.39, 0.29) is 0 Å². The summed E-state index contributed by atoms with van der Waals surface area (Å²) in [6, 6.07) is 9.83. The van der Waals surface area contributed by atoms with Crippen molar-refractivity contribution in [2.45, 2.75) is 6.54 Å². The van der Waals surface area contributed by atoms with Crippen molar-refractivity contribution >= 4 is 22.3 Å². The summed E-state index contributed by atoms with van der Waals surface area (Å²) in [5, 5.41) is 1.06. The molecule has 0 atom stereocenters. The van der Waals surface area contributed by atoms with Gasteiger partial charge in [0.25, 0.3) is 0 Å². The fraction of sp³-hybridized carbons (Fsp3) is 0.133. The normalized spacial score (nSPS) is 10.8. The van der Waals surface area contributed by atoms with Gasteiger partial charge in [0.2, 0.25) is 0 Å². The second-order valence-corrected chi connectivity index (χ2v) is 4.56. The molecule has 0 aliphatic heterocycles. The van der Waals surface area contributed by atoms with Crippen molar-refractivity contribution in [2.24, 2.45) is 0 Å². The summed E-state index contributed by atoms with van der Waals surface area (Å²) in [5.41, 5.74) is 9.76. The van der Waals surface area contributed by atoms with Crippen molar-refractivity contribution in [1.82, 2.24) is 4.98 Å². The van der Waals surface area contributed by atoms with Gasteiger partial charge in [0.1, 0.15) is 0 Å². The number of pyridine rings is 1. The Bertz CT molecular complexity index is 692. The Labute approximate surface area is 111 Å². The Morgan fingerprint density at radius 1 is 1.26 bits per heavy atom. The molecule has 0 bridgehead atoms. The van der Waals surface area contributed by atoms with Gasteiger partial charge >= 0.3 is 0 Å². The molecule has 4 heteroatoms. The van der Waals surface area contributed by atoms with Crippen LogP contribution in [0.5, 0.6) is 0 Å². The van der Waals surface area contributed by atoms with Gasteiger partial charge in [-0.05, 0) is 18.2 Å². The average molecular weight is 253 g/mol. The third-order valence-corrected chi connectivity index (χ3v) is 3.19. The van der Waals surface area contributed by atoms with Crippen LogP contribution in [0.15, 0.2) is 53.5 Å². The first kappa shape index (κ1) is 11.6. The van der Waals surface area contributed by atoms with Gasteiger partial charge in [0.15, 0.2) is 0 Å². The molecule has 4 nitrogen and oxygen atoms in total. The van der Waals surface area contributed by atoms with Crippen LogP contribution in [0.4, 0.5) is 11.4 Å². The molecule has 3 rings (SSSR count). The van der Waals surface area contributed by atoms with Crippen molar-refractivity contribution < 1.29 is 4.42 Å². The summed E-state index contributed by atoms with van der Waals surface area (Å²) < 4.78 is 5.10. The van der Waals surface area contributed by atoms with Gasteiger partial charge in [-0.2, -0.15) is 0 Å². The molecule has 2 aromatic heterocycles. The number of rotatable bonds is 3. The zero-order valence-corrected chi connectivity index (χ0v) is 10.7. The molecule has 0 aliphatic rings. The zero-order valence-electron chi connectivity index (χ0n) is 10.7. The van der Waals surface area contributed by atoms with Gasteiger partial charge < -0.3 is 15.1 Å². The molecular formula is C15H15N3O. The highest BCUT2D eigenvalue weighted by Gasteiger charge is 2.09. The number of fused-ring (bicyclic) bond motifs is 1. The number of nitrogens with two attached hydrogens (primary N) is 1. The predicted octanol–water partition coefficient (Wildman–Crippen LogP) is 3.05. The lowest BCUT2D eigenvalue weighted by molar-refractivity contribution is 0.563. The smallest absolute Gasteiger partial charge is 0.0952 e. The molecule has 96 valence electrons. The average Bonchev–Trinajstić information content (AvgIpc) is 2.91. The van der Waals surface area contributed by atoms with Crippen molar-refractivity contribution in [3.05, 3.63) is 54.6 Å². The Kier molecular flexibility index (Phi) is 2.83. The number of nitrogens with zero attached hydrogens (tertiary/aromatic N) is 2. The molecule has 3 aromatic rings. The highest BCUT2D eigenvalue weighted by atomic mass is 16.3. The number of hydrogen-bond acceptors (Lipinski definition) is 4. The van der Waals surface area contributed by atoms with Crippen molar-refractivity contribution in [2.75, 3.05) is 17.7 Å². The van der Waals surface area contributed by atoms with Gasteiger partial charge in [-0.25, -0.2) is 0 Å². The van der Waals surface area contributed by atoms with E-state index >= 15 is 0 Å². The van der Waals surface area contributed by atoms with Crippen LogP contribution >= 0.6 is 0 Å². The molecule has 0 unspecified atom stereocenters. The van der Waals surface area contributed by atoms with E-state index in [4.69, 9.17) is 10.2 Å². The van der Waals surface area contributed by atoms with Crippen molar-refractivity contribution in [3.63, 3.8) is 0 Å². The first-order chi connectivity index (χ1) is 9.25. The van der Waals surface area contributed by atoms with Crippen LogP contribution < -0.4 is 10.6 Å². The van der Waals surface area contributed by atoms with Gasteiger partial charge in [-0.15, -0.1) is 0 Å². The van der Waals surface area contributed by atoms with Gasteiger partial charge in [-0.3, -0.25) is 4.98 Å². The van der Waals surface area contributed by atoms with Crippen molar-refractivity contribution in [3.8, 4) is 0 Å². The SMILES string of the molecule is CN(Cc1ccoc1)c1ccnc2c(N)cccc12. The number of para-hydroxylation sites is 1. The van der Waals surface area contributed by atoms with E-state index in [1.165, 1.54) is 0 Å². The quantitative estimate of drug-likeness (QED) is 0.729. The van der Waals surface area contributed by atoms with Gasteiger partial charge in [0, 0.05) is 36.4 Å². The van der Waals surface area contributed by atoms with Crippen LogP contribution in [0.2, 0.25) is 0 Å². The highest BCUT2D eigenvalue weighted by Crippen LogP contribution is 2.28. The van der Waals surface area contributed by atoms with Crippen LogP contribution in [0.1, 0.15) is 5.56 Å². The maximum atomic E-state index is 5.97. The first-order valence-corrected chi connectivity index (χ1v) is 6.11. The highest BCUT2D eigenvalue weighted by molar-refractivity contribution is 5.97. The minimum absolute atomic E-state index is 0.705. The monoisotopic (exact) mass is 253 g/mol. The van der Waals surface area contributed by atoms with Gasteiger partial charge in [-0.1, -0.05) is 12.1 Å². The Hall–Kier alpha value is -2.49. The minimum Gasteiger partial charge on any atom is -0.472 e. The molecule has 0 radical (unpaired) electrons. The molecule has 0 saturated heterocycles. The number of aromatic nitrogens is 1. The second-order valence-electron chi connectivity index (χ2n) is 4.56. The molecule has 0 aliphatic carbocycles. The van der Waals surface area contributed by atoms with Crippen LogP contribution in [0, 0.1) is 0 Å². The topological polar surface area (TPSA) is 55.3 Å². The summed E-state index contributed by atoms with van der Waals surface area (Å²) in [5.74, 6) is 0. The Morgan fingerprint density at radius 2 is 2.16 bits per heavy atom. The Balaban J connectivity index is 2.02. The van der Waals surface area contributed by atoms with E-state index < -0.39 is 0 Å². The zero-order chi connectivity index (χ0) is 13.2.